The third-order valence-corrected chi connectivity index (χ3v) is 1.32. The molecule has 0 saturated heterocycles. The lowest BCUT2D eigenvalue weighted by Crippen LogP contribution is -2.18. The van der Waals surface area contributed by atoms with Crippen molar-refractivity contribution < 1.29 is 9.90 Å². The van der Waals surface area contributed by atoms with Crippen LogP contribution in [0.1, 0.15) is 40.0 Å². The van der Waals surface area contributed by atoms with Crippen molar-refractivity contribution in [1.82, 2.24) is 0 Å². The van der Waals surface area contributed by atoms with Crippen LogP contribution in [0.25, 0.3) is 0 Å². The van der Waals surface area contributed by atoms with Crippen LogP contribution in [0.3, 0.4) is 0 Å². The minimum absolute atomic E-state index is 0.198. The predicted octanol–water partition coefficient (Wildman–Crippen LogP) is 1.52. The summed E-state index contributed by atoms with van der Waals surface area (Å²) in [6, 6.07) is 0. The van der Waals surface area contributed by atoms with Crippen LogP contribution < -0.4 is 0 Å². The van der Waals surface area contributed by atoms with Crippen LogP contribution in [-0.2, 0) is 4.79 Å². The van der Waals surface area contributed by atoms with Crippen LogP contribution in [0.15, 0.2) is 0 Å². The number of rotatable bonds is 4. The Morgan fingerprint density at radius 3 is 2.30 bits per heavy atom. The van der Waals surface area contributed by atoms with Gasteiger partial charge in [0.25, 0.3) is 0 Å². The molecule has 1 N–H and O–H groups in total. The average molecular weight is 144 g/mol. The first-order valence-electron chi connectivity index (χ1n) is 3.63. The highest BCUT2D eigenvalue weighted by Gasteiger charge is 2.11. The van der Waals surface area contributed by atoms with E-state index < -0.39 is 5.60 Å². The molecule has 0 fully saturated rings. The maximum Gasteiger partial charge on any atom is 0.129 e. The molecule has 60 valence electrons. The number of aliphatic hydroxyl groups is 1. The van der Waals surface area contributed by atoms with E-state index in [9.17, 15) is 9.90 Å². The monoisotopic (exact) mass is 144 g/mol. The fraction of sp³-hybridized carbons (Fsp3) is 0.875. The van der Waals surface area contributed by atoms with Crippen molar-refractivity contribution in [3.8, 4) is 0 Å². The Labute approximate surface area is 62.2 Å². The summed E-state index contributed by atoms with van der Waals surface area (Å²) in [5, 5.41) is 9.22. The molecule has 0 atom stereocenters. The van der Waals surface area contributed by atoms with Crippen molar-refractivity contribution in [3.05, 3.63) is 0 Å². The normalized spacial score (nSPS) is 11.6. The number of ketones is 1. The standard InChI is InChI=1S/C8H16O2/c1-7(9)5-4-6-8(2,3)10/h10H,4-6H2,1-3H3. The Bertz CT molecular complexity index is 111. The summed E-state index contributed by atoms with van der Waals surface area (Å²) in [6.07, 6.45) is 2.08. The van der Waals surface area contributed by atoms with Crippen LogP contribution in [0.5, 0.6) is 0 Å². The molecule has 10 heavy (non-hydrogen) atoms. The van der Waals surface area contributed by atoms with Gasteiger partial charge < -0.3 is 9.90 Å². The van der Waals surface area contributed by atoms with Crippen molar-refractivity contribution in [2.75, 3.05) is 0 Å². The Morgan fingerprint density at radius 2 is 2.00 bits per heavy atom. The molecule has 2 heteroatoms. The molecule has 0 saturated carbocycles. The highest BCUT2D eigenvalue weighted by Crippen LogP contribution is 2.11. The number of Topliss-reactive ketones (excluding diaryl/α,β-unsaturated/α-hetero) is 1. The van der Waals surface area contributed by atoms with E-state index in [2.05, 4.69) is 0 Å². The van der Waals surface area contributed by atoms with Crippen LogP contribution in [0.4, 0.5) is 0 Å². The van der Waals surface area contributed by atoms with Crippen molar-refractivity contribution in [2.45, 2.75) is 45.6 Å². The van der Waals surface area contributed by atoms with Gasteiger partial charge in [-0.25, -0.2) is 0 Å². The number of carbonyl (C=O) groups is 1. The third kappa shape index (κ3) is 7.63. The second-order valence-electron chi connectivity index (χ2n) is 3.37. The van der Waals surface area contributed by atoms with Crippen LogP contribution >= 0.6 is 0 Å². The quantitative estimate of drug-likeness (QED) is 0.649. The SMILES string of the molecule is CC(=O)CCCC(C)(C)O. The van der Waals surface area contributed by atoms with Gasteiger partial charge in [0.2, 0.25) is 0 Å². The fourth-order valence-electron chi connectivity index (χ4n) is 0.770. The molecule has 0 aromatic heterocycles. The summed E-state index contributed by atoms with van der Waals surface area (Å²) in [7, 11) is 0. The van der Waals surface area contributed by atoms with Crippen molar-refractivity contribution in [1.29, 1.82) is 0 Å². The predicted molar refractivity (Wildman–Crippen MR) is 40.8 cm³/mol. The smallest absolute Gasteiger partial charge is 0.129 e. The van der Waals surface area contributed by atoms with Crippen LogP contribution in [0, 0.1) is 0 Å². The molecular weight excluding hydrogens is 128 g/mol. The van der Waals surface area contributed by atoms with E-state index in [4.69, 9.17) is 0 Å². The van der Waals surface area contributed by atoms with Gasteiger partial charge in [-0.2, -0.15) is 0 Å². The summed E-state index contributed by atoms with van der Waals surface area (Å²) in [5.74, 6) is 0.198. The fourth-order valence-corrected chi connectivity index (χ4v) is 0.770. The summed E-state index contributed by atoms with van der Waals surface area (Å²) in [6.45, 7) is 5.09. The van der Waals surface area contributed by atoms with Gasteiger partial charge in [-0.15, -0.1) is 0 Å². The molecule has 0 aliphatic carbocycles. The van der Waals surface area contributed by atoms with Gasteiger partial charge in [-0.05, 0) is 33.6 Å². The largest absolute Gasteiger partial charge is 0.390 e. The van der Waals surface area contributed by atoms with Gasteiger partial charge in [0, 0.05) is 6.42 Å². The first-order valence-corrected chi connectivity index (χ1v) is 3.63. The van der Waals surface area contributed by atoms with Gasteiger partial charge in [0.05, 0.1) is 5.60 Å². The summed E-state index contributed by atoms with van der Waals surface area (Å²) in [4.78, 5) is 10.4. The van der Waals surface area contributed by atoms with Crippen molar-refractivity contribution in [3.63, 3.8) is 0 Å². The van der Waals surface area contributed by atoms with Crippen molar-refractivity contribution in [2.24, 2.45) is 0 Å². The van der Waals surface area contributed by atoms with Gasteiger partial charge >= 0.3 is 0 Å². The lowest BCUT2D eigenvalue weighted by molar-refractivity contribution is -0.117. The van der Waals surface area contributed by atoms with E-state index >= 15 is 0 Å². The molecule has 0 rings (SSSR count). The molecule has 0 bridgehead atoms. The molecule has 0 aliphatic rings. The Kier molecular flexibility index (Phi) is 3.58. The van der Waals surface area contributed by atoms with E-state index in [-0.39, 0.29) is 5.78 Å². The molecule has 0 spiro atoms. The molecule has 0 heterocycles. The minimum atomic E-state index is -0.616. The third-order valence-electron chi connectivity index (χ3n) is 1.32. The first-order chi connectivity index (χ1) is 4.42. The van der Waals surface area contributed by atoms with E-state index in [1.807, 2.05) is 0 Å². The molecule has 2 nitrogen and oxygen atoms in total. The molecule has 0 aromatic rings. The van der Waals surface area contributed by atoms with E-state index in [1.165, 1.54) is 0 Å². The highest BCUT2D eigenvalue weighted by molar-refractivity contribution is 5.75. The molecular formula is C8H16O2. The number of hydrogen-bond acceptors (Lipinski definition) is 2. The van der Waals surface area contributed by atoms with Gasteiger partial charge in [0.15, 0.2) is 0 Å². The molecule has 0 aromatic carbocycles. The first kappa shape index (κ1) is 9.63. The zero-order valence-electron chi connectivity index (χ0n) is 6.98. The number of carbonyl (C=O) groups excluding carboxylic acids is 1. The Morgan fingerprint density at radius 1 is 1.50 bits per heavy atom. The minimum Gasteiger partial charge on any atom is -0.390 e. The van der Waals surface area contributed by atoms with Crippen molar-refractivity contribution >= 4 is 5.78 Å². The molecule has 0 unspecified atom stereocenters. The maximum absolute atomic E-state index is 10.4. The Balaban J connectivity index is 3.29. The Hall–Kier alpha value is -0.370. The molecule has 0 amide bonds. The summed E-state index contributed by atoms with van der Waals surface area (Å²) >= 11 is 0. The second-order valence-corrected chi connectivity index (χ2v) is 3.37. The summed E-state index contributed by atoms with van der Waals surface area (Å²) in [5.41, 5.74) is -0.616. The highest BCUT2D eigenvalue weighted by atomic mass is 16.3. The van der Waals surface area contributed by atoms with E-state index in [0.717, 1.165) is 6.42 Å². The second kappa shape index (κ2) is 3.71. The zero-order valence-corrected chi connectivity index (χ0v) is 6.98. The van der Waals surface area contributed by atoms with Gasteiger partial charge in [0.1, 0.15) is 5.78 Å². The summed E-state index contributed by atoms with van der Waals surface area (Å²) < 4.78 is 0. The maximum atomic E-state index is 10.4. The number of hydrogen-bond donors (Lipinski definition) is 1. The van der Waals surface area contributed by atoms with E-state index in [0.29, 0.717) is 12.8 Å². The van der Waals surface area contributed by atoms with Crippen LogP contribution in [-0.4, -0.2) is 16.5 Å². The lowest BCUT2D eigenvalue weighted by Gasteiger charge is -2.15. The molecule has 0 aliphatic heterocycles. The van der Waals surface area contributed by atoms with E-state index in [1.54, 1.807) is 20.8 Å². The lowest BCUT2D eigenvalue weighted by atomic mass is 10.0. The van der Waals surface area contributed by atoms with Gasteiger partial charge in [-0.3, -0.25) is 0 Å². The molecule has 0 radical (unpaired) electrons. The topological polar surface area (TPSA) is 37.3 Å². The average Bonchev–Trinajstić information content (AvgIpc) is 1.59. The van der Waals surface area contributed by atoms with Gasteiger partial charge in [-0.1, -0.05) is 0 Å². The van der Waals surface area contributed by atoms with Crippen LogP contribution in [0.2, 0.25) is 0 Å². The zero-order chi connectivity index (χ0) is 8.20.